The molecule has 5 heteroatoms. The lowest BCUT2D eigenvalue weighted by molar-refractivity contribution is -0.137. The van der Waals surface area contributed by atoms with E-state index in [1.165, 1.54) is 19.3 Å². The van der Waals surface area contributed by atoms with Crippen LogP contribution in [0.3, 0.4) is 0 Å². The molecule has 0 aromatic heterocycles. The highest BCUT2D eigenvalue weighted by molar-refractivity contribution is 5.87. The zero-order valence-electron chi connectivity index (χ0n) is 9.50. The van der Waals surface area contributed by atoms with E-state index in [1.54, 1.807) is 6.92 Å². The lowest BCUT2D eigenvalue weighted by Gasteiger charge is -2.06. The van der Waals surface area contributed by atoms with Crippen LogP contribution in [0, 0.1) is 11.6 Å². The van der Waals surface area contributed by atoms with E-state index < -0.39 is 17.6 Å². The third-order valence-electron chi connectivity index (χ3n) is 1.97. The molecule has 0 saturated carbocycles. The number of halogens is 2. The average molecular weight is 242 g/mol. The predicted molar refractivity (Wildman–Crippen MR) is 58.6 cm³/mol. The quantitative estimate of drug-likeness (QED) is 0.601. The van der Waals surface area contributed by atoms with Crippen LogP contribution in [0.25, 0.3) is 6.08 Å². The van der Waals surface area contributed by atoms with Gasteiger partial charge in [-0.3, -0.25) is 0 Å². The first-order valence-corrected chi connectivity index (χ1v) is 4.97. The van der Waals surface area contributed by atoms with E-state index in [0.29, 0.717) is 0 Å². The van der Waals surface area contributed by atoms with Crippen LogP contribution in [0.2, 0.25) is 0 Å². The number of esters is 1. The van der Waals surface area contributed by atoms with Gasteiger partial charge in [0.15, 0.2) is 11.6 Å². The first-order chi connectivity index (χ1) is 8.10. The van der Waals surface area contributed by atoms with Crippen molar-refractivity contribution in [2.24, 2.45) is 0 Å². The lowest BCUT2D eigenvalue weighted by Crippen LogP contribution is -1.99. The Morgan fingerprint density at radius 1 is 1.41 bits per heavy atom. The van der Waals surface area contributed by atoms with Gasteiger partial charge in [-0.2, -0.15) is 4.39 Å². The van der Waals surface area contributed by atoms with Gasteiger partial charge in [0.1, 0.15) is 0 Å². The van der Waals surface area contributed by atoms with Gasteiger partial charge >= 0.3 is 5.97 Å². The van der Waals surface area contributed by atoms with E-state index in [-0.39, 0.29) is 17.9 Å². The molecule has 0 heterocycles. The Morgan fingerprint density at radius 3 is 2.71 bits per heavy atom. The summed E-state index contributed by atoms with van der Waals surface area (Å²) in [6.45, 7) is 1.92. The highest BCUT2D eigenvalue weighted by Gasteiger charge is 2.12. The molecule has 0 saturated heterocycles. The molecule has 92 valence electrons. The molecule has 0 spiro atoms. The Labute approximate surface area is 97.7 Å². The van der Waals surface area contributed by atoms with Crippen LogP contribution in [-0.4, -0.2) is 19.7 Å². The second-order valence-electron chi connectivity index (χ2n) is 3.07. The second-order valence-corrected chi connectivity index (χ2v) is 3.07. The molecule has 0 bridgehead atoms. The maximum absolute atomic E-state index is 13.3. The molecule has 1 rings (SSSR count). The lowest BCUT2D eigenvalue weighted by atomic mass is 10.1. The minimum Gasteiger partial charge on any atom is -0.493 e. The molecule has 0 aliphatic rings. The van der Waals surface area contributed by atoms with Crippen molar-refractivity contribution in [3.8, 4) is 5.75 Å². The summed E-state index contributed by atoms with van der Waals surface area (Å²) >= 11 is 0. The van der Waals surface area contributed by atoms with Crippen molar-refractivity contribution in [2.75, 3.05) is 13.7 Å². The minimum absolute atomic E-state index is 0.245. The predicted octanol–water partition coefficient (Wildman–Crippen LogP) is 2.55. The third kappa shape index (κ3) is 3.27. The standard InChI is InChI=1S/C12H12F2O3/c1-3-17-10(15)7-5-8-4-6-9(13)11(14)12(8)16-2/h4-7H,3H2,1-2H3/b7-5+. The largest absolute Gasteiger partial charge is 0.493 e. The van der Waals surface area contributed by atoms with E-state index in [9.17, 15) is 13.6 Å². The zero-order valence-corrected chi connectivity index (χ0v) is 9.50. The monoisotopic (exact) mass is 242 g/mol. The van der Waals surface area contributed by atoms with Gasteiger partial charge in [-0.25, -0.2) is 9.18 Å². The molecule has 0 atom stereocenters. The molecule has 0 radical (unpaired) electrons. The van der Waals surface area contributed by atoms with Gasteiger partial charge in [-0.1, -0.05) is 0 Å². The molecule has 0 N–H and O–H groups in total. The van der Waals surface area contributed by atoms with Gasteiger partial charge in [-0.15, -0.1) is 0 Å². The fraction of sp³-hybridized carbons (Fsp3) is 0.250. The molecule has 17 heavy (non-hydrogen) atoms. The molecule has 3 nitrogen and oxygen atoms in total. The summed E-state index contributed by atoms with van der Waals surface area (Å²) in [7, 11) is 1.22. The molecule has 0 amide bonds. The van der Waals surface area contributed by atoms with Crippen LogP contribution in [0.15, 0.2) is 18.2 Å². The molecule has 1 aromatic carbocycles. The Morgan fingerprint density at radius 2 is 2.12 bits per heavy atom. The summed E-state index contributed by atoms with van der Waals surface area (Å²) in [5, 5.41) is 0. The van der Waals surface area contributed by atoms with Crippen LogP contribution >= 0.6 is 0 Å². The third-order valence-corrected chi connectivity index (χ3v) is 1.97. The highest BCUT2D eigenvalue weighted by atomic mass is 19.2. The van der Waals surface area contributed by atoms with E-state index in [4.69, 9.17) is 4.74 Å². The summed E-state index contributed by atoms with van der Waals surface area (Å²) in [5.41, 5.74) is 0.263. The Hall–Kier alpha value is -1.91. The number of carbonyl (C=O) groups is 1. The SMILES string of the molecule is CCOC(=O)/C=C/c1ccc(F)c(F)c1OC. The van der Waals surface area contributed by atoms with Crippen LogP contribution < -0.4 is 4.74 Å². The number of carbonyl (C=O) groups excluding carboxylic acids is 1. The van der Waals surface area contributed by atoms with Crippen molar-refractivity contribution in [1.29, 1.82) is 0 Å². The molecule has 0 aliphatic heterocycles. The maximum Gasteiger partial charge on any atom is 0.330 e. The summed E-state index contributed by atoms with van der Waals surface area (Å²) in [5.74, 6) is -2.89. The summed E-state index contributed by atoms with van der Waals surface area (Å²) < 4.78 is 35.6. The number of ether oxygens (including phenoxy) is 2. The molecule has 0 aliphatic carbocycles. The first kappa shape index (κ1) is 13.2. The van der Waals surface area contributed by atoms with Gasteiger partial charge in [0.25, 0.3) is 0 Å². The number of hydrogen-bond acceptors (Lipinski definition) is 3. The normalized spacial score (nSPS) is 10.6. The van der Waals surface area contributed by atoms with Crippen molar-refractivity contribution < 1.29 is 23.0 Å². The van der Waals surface area contributed by atoms with Gasteiger partial charge in [0, 0.05) is 11.6 Å². The smallest absolute Gasteiger partial charge is 0.330 e. The fourth-order valence-electron chi connectivity index (χ4n) is 1.23. The van der Waals surface area contributed by atoms with E-state index in [1.807, 2.05) is 0 Å². The van der Waals surface area contributed by atoms with Crippen molar-refractivity contribution in [2.45, 2.75) is 6.92 Å². The van der Waals surface area contributed by atoms with E-state index in [2.05, 4.69) is 4.74 Å². The average Bonchev–Trinajstić information content (AvgIpc) is 2.31. The second kappa shape index (κ2) is 5.98. The van der Waals surface area contributed by atoms with E-state index >= 15 is 0 Å². The topological polar surface area (TPSA) is 35.5 Å². The van der Waals surface area contributed by atoms with Crippen molar-refractivity contribution in [3.05, 3.63) is 35.4 Å². The molecule has 0 fully saturated rings. The molecular formula is C12H12F2O3. The van der Waals surface area contributed by atoms with Crippen LogP contribution in [0.4, 0.5) is 8.78 Å². The maximum atomic E-state index is 13.3. The van der Waals surface area contributed by atoms with Crippen molar-refractivity contribution in [1.82, 2.24) is 0 Å². The molecular weight excluding hydrogens is 230 g/mol. The van der Waals surface area contributed by atoms with Crippen LogP contribution in [0.1, 0.15) is 12.5 Å². The summed E-state index contributed by atoms with van der Waals surface area (Å²) in [6.07, 6.45) is 2.43. The number of hydrogen-bond donors (Lipinski definition) is 0. The number of methoxy groups -OCH3 is 1. The fourth-order valence-corrected chi connectivity index (χ4v) is 1.23. The van der Waals surface area contributed by atoms with Crippen molar-refractivity contribution >= 4 is 12.0 Å². The number of benzene rings is 1. The summed E-state index contributed by atoms with van der Waals surface area (Å²) in [4.78, 5) is 11.1. The minimum atomic E-state index is -1.08. The highest BCUT2D eigenvalue weighted by Crippen LogP contribution is 2.25. The summed E-state index contributed by atoms with van der Waals surface area (Å²) in [6, 6.07) is 2.27. The Kier molecular flexibility index (Phi) is 4.63. The van der Waals surface area contributed by atoms with Crippen LogP contribution in [-0.2, 0) is 9.53 Å². The van der Waals surface area contributed by atoms with Crippen molar-refractivity contribution in [3.63, 3.8) is 0 Å². The Bertz CT molecular complexity index is 442. The molecule has 1 aromatic rings. The van der Waals surface area contributed by atoms with Gasteiger partial charge < -0.3 is 9.47 Å². The number of rotatable bonds is 4. The Balaban J connectivity index is 2.99. The molecule has 0 unspecified atom stereocenters. The first-order valence-electron chi connectivity index (χ1n) is 4.97. The zero-order chi connectivity index (χ0) is 12.8. The van der Waals surface area contributed by atoms with Gasteiger partial charge in [-0.05, 0) is 25.1 Å². The van der Waals surface area contributed by atoms with Gasteiger partial charge in [0.2, 0.25) is 5.82 Å². The van der Waals surface area contributed by atoms with Crippen LogP contribution in [0.5, 0.6) is 5.75 Å². The van der Waals surface area contributed by atoms with E-state index in [0.717, 1.165) is 12.1 Å². The van der Waals surface area contributed by atoms with Gasteiger partial charge in [0.05, 0.1) is 13.7 Å².